The Morgan fingerprint density at radius 2 is 1.90 bits per heavy atom. The maximum atomic E-state index is 11.8. The maximum Gasteiger partial charge on any atom is 0.246 e. The van der Waals surface area contributed by atoms with Crippen LogP contribution in [0.25, 0.3) is 10.8 Å². The maximum absolute atomic E-state index is 11.8. The Morgan fingerprint density at radius 3 is 2.71 bits per heavy atom. The zero-order chi connectivity index (χ0) is 15.1. The van der Waals surface area contributed by atoms with Gasteiger partial charge in [0, 0.05) is 7.11 Å². The molecule has 1 N–H and O–H groups in total. The fourth-order valence-corrected chi connectivity index (χ4v) is 2.30. The van der Waals surface area contributed by atoms with Crippen molar-refractivity contribution >= 4 is 16.7 Å². The van der Waals surface area contributed by atoms with Crippen molar-refractivity contribution in [2.24, 2.45) is 0 Å². The summed E-state index contributed by atoms with van der Waals surface area (Å²) in [5.74, 6) is -0.119. The quantitative estimate of drug-likeness (QED) is 0.796. The number of methoxy groups -OCH3 is 1. The monoisotopic (exact) mass is 287 g/mol. The molecule has 2 aromatic carbocycles. The van der Waals surface area contributed by atoms with Crippen LogP contribution in [0.5, 0.6) is 0 Å². The molecule has 4 nitrogen and oxygen atoms in total. The Morgan fingerprint density at radius 1 is 1.14 bits per heavy atom. The summed E-state index contributed by atoms with van der Waals surface area (Å²) < 4.78 is 10.1. The normalized spacial score (nSPS) is 12.3. The van der Waals surface area contributed by atoms with Crippen molar-refractivity contribution in [3.63, 3.8) is 0 Å². The second kappa shape index (κ2) is 7.76. The van der Waals surface area contributed by atoms with Gasteiger partial charge in [0.15, 0.2) is 0 Å². The predicted octanol–water partition coefficient (Wildman–Crippen LogP) is 2.68. The highest BCUT2D eigenvalue weighted by Crippen LogP contribution is 2.23. The van der Waals surface area contributed by atoms with Gasteiger partial charge in [0.05, 0.1) is 19.3 Å². The van der Waals surface area contributed by atoms with Crippen molar-refractivity contribution in [1.82, 2.24) is 5.32 Å². The number of amides is 1. The van der Waals surface area contributed by atoms with Crippen LogP contribution in [0.1, 0.15) is 18.5 Å². The minimum atomic E-state index is -0.119. The summed E-state index contributed by atoms with van der Waals surface area (Å²) in [6, 6.07) is 14.2. The summed E-state index contributed by atoms with van der Waals surface area (Å²) in [6.45, 7) is 2.95. The Labute approximate surface area is 125 Å². The number of carbonyl (C=O) groups excluding carboxylic acids is 1. The number of benzene rings is 2. The van der Waals surface area contributed by atoms with Gasteiger partial charge in [0.2, 0.25) is 5.91 Å². The van der Waals surface area contributed by atoms with Crippen molar-refractivity contribution < 1.29 is 14.3 Å². The molecule has 0 fully saturated rings. The van der Waals surface area contributed by atoms with Gasteiger partial charge in [-0.15, -0.1) is 0 Å². The van der Waals surface area contributed by atoms with Crippen LogP contribution in [0.15, 0.2) is 42.5 Å². The molecule has 1 atom stereocenters. The zero-order valence-electron chi connectivity index (χ0n) is 12.5. The molecule has 21 heavy (non-hydrogen) atoms. The topological polar surface area (TPSA) is 47.6 Å². The van der Waals surface area contributed by atoms with E-state index in [-0.39, 0.29) is 18.6 Å². The molecule has 0 saturated heterocycles. The summed E-state index contributed by atoms with van der Waals surface area (Å²) in [5, 5.41) is 5.29. The molecule has 0 aliphatic carbocycles. The molecule has 0 aliphatic rings. The number of hydrogen-bond acceptors (Lipinski definition) is 3. The first-order chi connectivity index (χ1) is 10.2. The van der Waals surface area contributed by atoms with E-state index in [9.17, 15) is 4.79 Å². The first kappa shape index (κ1) is 15.5. The molecule has 0 saturated carbocycles. The number of nitrogens with one attached hydrogen (secondary N) is 1. The Hall–Kier alpha value is -1.91. The van der Waals surface area contributed by atoms with Gasteiger partial charge in [-0.2, -0.15) is 0 Å². The van der Waals surface area contributed by atoms with Gasteiger partial charge in [-0.05, 0) is 23.3 Å². The van der Waals surface area contributed by atoms with E-state index >= 15 is 0 Å². The van der Waals surface area contributed by atoms with Crippen molar-refractivity contribution in [2.45, 2.75) is 13.0 Å². The van der Waals surface area contributed by atoms with E-state index in [0.717, 1.165) is 10.9 Å². The predicted molar refractivity (Wildman–Crippen MR) is 83.2 cm³/mol. The smallest absolute Gasteiger partial charge is 0.246 e. The third kappa shape index (κ3) is 4.28. The second-order valence-corrected chi connectivity index (χ2v) is 4.90. The fraction of sp³-hybridized carbons (Fsp3) is 0.353. The van der Waals surface area contributed by atoms with E-state index in [4.69, 9.17) is 9.47 Å². The van der Waals surface area contributed by atoms with Gasteiger partial charge < -0.3 is 14.8 Å². The minimum absolute atomic E-state index is 0.0540. The SMILES string of the molecule is COCCOCC(=O)N[C@H](C)c1cccc2ccccc12. The van der Waals surface area contributed by atoms with E-state index in [2.05, 4.69) is 23.5 Å². The number of ether oxygens (including phenoxy) is 2. The summed E-state index contributed by atoms with van der Waals surface area (Å²) in [6.07, 6.45) is 0. The van der Waals surface area contributed by atoms with Crippen LogP contribution in [-0.4, -0.2) is 32.8 Å². The third-order valence-electron chi connectivity index (χ3n) is 3.33. The van der Waals surface area contributed by atoms with Crippen molar-refractivity contribution in [3.8, 4) is 0 Å². The molecule has 0 aliphatic heterocycles. The van der Waals surface area contributed by atoms with Crippen LogP contribution < -0.4 is 5.32 Å². The molecule has 112 valence electrons. The van der Waals surface area contributed by atoms with E-state index in [1.165, 1.54) is 5.39 Å². The summed E-state index contributed by atoms with van der Waals surface area (Å²) >= 11 is 0. The largest absolute Gasteiger partial charge is 0.382 e. The molecule has 4 heteroatoms. The van der Waals surface area contributed by atoms with Crippen LogP contribution in [-0.2, 0) is 14.3 Å². The van der Waals surface area contributed by atoms with Crippen LogP contribution in [0.2, 0.25) is 0 Å². The molecule has 2 rings (SSSR count). The van der Waals surface area contributed by atoms with Gasteiger partial charge in [-0.25, -0.2) is 0 Å². The van der Waals surface area contributed by atoms with E-state index < -0.39 is 0 Å². The first-order valence-corrected chi connectivity index (χ1v) is 7.06. The summed E-state index contributed by atoms with van der Waals surface area (Å²) in [5.41, 5.74) is 1.11. The molecule has 0 unspecified atom stereocenters. The third-order valence-corrected chi connectivity index (χ3v) is 3.33. The lowest BCUT2D eigenvalue weighted by molar-refractivity contribution is -0.126. The second-order valence-electron chi connectivity index (χ2n) is 4.90. The van der Waals surface area contributed by atoms with Gasteiger partial charge in [-0.1, -0.05) is 42.5 Å². The Bertz CT molecular complexity index is 592. The standard InChI is InChI=1S/C17H21NO3/c1-13(18-17(19)12-21-11-10-20-2)15-9-5-7-14-6-3-4-8-16(14)15/h3-9,13H,10-12H2,1-2H3,(H,18,19)/t13-/m1/s1. The first-order valence-electron chi connectivity index (χ1n) is 7.06. The van der Waals surface area contributed by atoms with Crippen LogP contribution in [0.3, 0.4) is 0 Å². The lowest BCUT2D eigenvalue weighted by Gasteiger charge is -2.16. The van der Waals surface area contributed by atoms with Gasteiger partial charge >= 0.3 is 0 Å². The number of carbonyl (C=O) groups is 1. The van der Waals surface area contributed by atoms with Gasteiger partial charge in [-0.3, -0.25) is 4.79 Å². The van der Waals surface area contributed by atoms with Crippen LogP contribution in [0.4, 0.5) is 0 Å². The number of fused-ring (bicyclic) bond motifs is 1. The van der Waals surface area contributed by atoms with Crippen LogP contribution in [0, 0.1) is 0 Å². The molecule has 0 radical (unpaired) electrons. The molecular weight excluding hydrogens is 266 g/mol. The minimum Gasteiger partial charge on any atom is -0.382 e. The molecule has 0 spiro atoms. The molecule has 2 aromatic rings. The van der Waals surface area contributed by atoms with E-state index in [1.807, 2.05) is 31.2 Å². The highest BCUT2D eigenvalue weighted by molar-refractivity contribution is 5.87. The average molecular weight is 287 g/mol. The summed E-state index contributed by atoms with van der Waals surface area (Å²) in [4.78, 5) is 11.8. The average Bonchev–Trinajstić information content (AvgIpc) is 2.51. The molecule has 1 amide bonds. The molecule has 0 aromatic heterocycles. The highest BCUT2D eigenvalue weighted by atomic mass is 16.5. The van der Waals surface area contributed by atoms with E-state index in [1.54, 1.807) is 7.11 Å². The van der Waals surface area contributed by atoms with Crippen LogP contribution >= 0.6 is 0 Å². The number of rotatable bonds is 7. The van der Waals surface area contributed by atoms with Gasteiger partial charge in [0.25, 0.3) is 0 Å². The number of hydrogen-bond donors (Lipinski definition) is 1. The van der Waals surface area contributed by atoms with Crippen molar-refractivity contribution in [3.05, 3.63) is 48.0 Å². The zero-order valence-corrected chi connectivity index (χ0v) is 12.5. The lowest BCUT2D eigenvalue weighted by atomic mass is 10.00. The summed E-state index contributed by atoms with van der Waals surface area (Å²) in [7, 11) is 1.60. The molecular formula is C17H21NO3. The molecule has 0 bridgehead atoms. The fourth-order valence-electron chi connectivity index (χ4n) is 2.30. The van der Waals surface area contributed by atoms with Gasteiger partial charge in [0.1, 0.15) is 6.61 Å². The Balaban J connectivity index is 1.99. The van der Waals surface area contributed by atoms with Crippen molar-refractivity contribution in [2.75, 3.05) is 26.9 Å². The molecule has 0 heterocycles. The Kier molecular flexibility index (Phi) is 5.72. The van der Waals surface area contributed by atoms with E-state index in [0.29, 0.717) is 13.2 Å². The lowest BCUT2D eigenvalue weighted by Crippen LogP contribution is -2.30. The highest BCUT2D eigenvalue weighted by Gasteiger charge is 2.12. The van der Waals surface area contributed by atoms with Crippen molar-refractivity contribution in [1.29, 1.82) is 0 Å².